The second-order valence-corrected chi connectivity index (χ2v) is 8.62. The van der Waals surface area contributed by atoms with E-state index in [1.807, 2.05) is 36.4 Å². The third-order valence-electron chi connectivity index (χ3n) is 4.62. The van der Waals surface area contributed by atoms with Gasteiger partial charge in [0.25, 0.3) is 0 Å². The molecule has 0 spiro atoms. The van der Waals surface area contributed by atoms with Crippen molar-refractivity contribution >= 4 is 55.8 Å². The highest BCUT2D eigenvalue weighted by atomic mass is 32.2. The lowest BCUT2D eigenvalue weighted by atomic mass is 10.1. The summed E-state index contributed by atoms with van der Waals surface area (Å²) in [6, 6.07) is 29.5. The van der Waals surface area contributed by atoms with Crippen molar-refractivity contribution < 1.29 is 0 Å². The Labute approximate surface area is 172 Å². The number of thioether (sulfide) groups is 1. The number of aliphatic imine (C=N–C) groups is 1. The molecule has 2 heterocycles. The minimum absolute atomic E-state index is 0.835. The molecule has 4 heteroatoms. The molecule has 0 saturated carbocycles. The van der Waals surface area contributed by atoms with Crippen LogP contribution in [0.3, 0.4) is 0 Å². The number of amidine groups is 1. The first kappa shape index (κ1) is 17.3. The predicted octanol–water partition coefficient (Wildman–Crippen LogP) is 7.18. The molecule has 1 aliphatic heterocycles. The zero-order valence-corrected chi connectivity index (χ0v) is 16.8. The zero-order valence-electron chi connectivity index (χ0n) is 15.2. The maximum atomic E-state index is 4.92. The van der Waals surface area contributed by atoms with Crippen LogP contribution in [0.1, 0.15) is 5.56 Å². The zero-order chi connectivity index (χ0) is 18.8. The SMILES string of the molecule is C(=C1\CN(c2ccccc2)C(=Nc2ccccc2)S1)/c1ccc2sccc2c1. The van der Waals surface area contributed by atoms with Crippen LogP contribution in [0.4, 0.5) is 11.4 Å². The average molecular weight is 399 g/mol. The van der Waals surface area contributed by atoms with Gasteiger partial charge >= 0.3 is 0 Å². The summed E-state index contributed by atoms with van der Waals surface area (Å²) in [5.41, 5.74) is 3.38. The Kier molecular flexibility index (Phi) is 4.73. The number of hydrogen-bond donors (Lipinski definition) is 0. The smallest absolute Gasteiger partial charge is 0.173 e. The van der Waals surface area contributed by atoms with Crippen LogP contribution in [0, 0.1) is 0 Å². The molecule has 3 aromatic carbocycles. The molecule has 4 aromatic rings. The Morgan fingerprint density at radius 3 is 2.46 bits per heavy atom. The second-order valence-electron chi connectivity index (χ2n) is 6.58. The molecule has 1 fully saturated rings. The van der Waals surface area contributed by atoms with Gasteiger partial charge in [0.15, 0.2) is 5.17 Å². The maximum absolute atomic E-state index is 4.92. The van der Waals surface area contributed by atoms with Crippen molar-refractivity contribution in [3.8, 4) is 0 Å². The molecular formula is C24H18N2S2. The lowest BCUT2D eigenvalue weighted by Gasteiger charge is -2.17. The topological polar surface area (TPSA) is 15.6 Å². The Balaban J connectivity index is 1.51. The van der Waals surface area contributed by atoms with Crippen molar-refractivity contribution in [3.05, 3.63) is 101 Å². The fourth-order valence-corrected chi connectivity index (χ4v) is 5.10. The summed E-state index contributed by atoms with van der Waals surface area (Å²) in [5.74, 6) is 0. The lowest BCUT2D eigenvalue weighted by Crippen LogP contribution is -2.23. The first-order valence-corrected chi connectivity index (χ1v) is 10.9. The van der Waals surface area contributed by atoms with Gasteiger partial charge in [-0.3, -0.25) is 0 Å². The predicted molar refractivity (Wildman–Crippen MR) is 125 cm³/mol. The lowest BCUT2D eigenvalue weighted by molar-refractivity contribution is 1.16. The van der Waals surface area contributed by atoms with Crippen LogP contribution in [0.15, 0.2) is 100 Å². The molecule has 136 valence electrons. The van der Waals surface area contributed by atoms with Gasteiger partial charge in [0.2, 0.25) is 0 Å². The number of fused-ring (bicyclic) bond motifs is 1. The van der Waals surface area contributed by atoms with E-state index in [4.69, 9.17) is 4.99 Å². The van der Waals surface area contributed by atoms with Crippen molar-refractivity contribution in [2.75, 3.05) is 11.4 Å². The number of nitrogens with zero attached hydrogens (tertiary/aromatic N) is 2. The molecule has 0 N–H and O–H groups in total. The number of anilines is 1. The molecule has 1 aromatic heterocycles. The number of rotatable bonds is 3. The van der Waals surface area contributed by atoms with Crippen molar-refractivity contribution in [3.63, 3.8) is 0 Å². The van der Waals surface area contributed by atoms with Gasteiger partial charge in [0, 0.05) is 15.3 Å². The molecule has 5 rings (SSSR count). The summed E-state index contributed by atoms with van der Waals surface area (Å²) in [6.45, 7) is 0.835. The summed E-state index contributed by atoms with van der Waals surface area (Å²) in [4.78, 5) is 8.50. The Hall–Kier alpha value is -2.82. The summed E-state index contributed by atoms with van der Waals surface area (Å²) in [6.07, 6.45) is 2.28. The largest absolute Gasteiger partial charge is 0.316 e. The van der Waals surface area contributed by atoms with E-state index in [9.17, 15) is 0 Å². The minimum atomic E-state index is 0.835. The van der Waals surface area contributed by atoms with Gasteiger partial charge in [0.05, 0.1) is 12.2 Å². The Morgan fingerprint density at radius 1 is 0.857 bits per heavy atom. The average Bonchev–Trinajstić information content (AvgIpc) is 3.36. The van der Waals surface area contributed by atoms with Gasteiger partial charge < -0.3 is 4.90 Å². The minimum Gasteiger partial charge on any atom is -0.316 e. The highest BCUT2D eigenvalue weighted by molar-refractivity contribution is 8.18. The van der Waals surface area contributed by atoms with Crippen LogP contribution in [-0.2, 0) is 0 Å². The fraction of sp³-hybridized carbons (Fsp3) is 0.0417. The Bertz CT molecular complexity index is 1160. The summed E-state index contributed by atoms with van der Waals surface area (Å²) < 4.78 is 1.33. The first-order valence-electron chi connectivity index (χ1n) is 9.17. The van der Waals surface area contributed by atoms with Crippen molar-refractivity contribution in [1.82, 2.24) is 0 Å². The molecule has 28 heavy (non-hydrogen) atoms. The second kappa shape index (κ2) is 7.66. The number of benzene rings is 3. The Morgan fingerprint density at radius 2 is 1.64 bits per heavy atom. The van der Waals surface area contributed by atoms with Gasteiger partial charge in [-0.2, -0.15) is 0 Å². The van der Waals surface area contributed by atoms with E-state index in [0.29, 0.717) is 0 Å². The number of thiophene rings is 1. The van der Waals surface area contributed by atoms with E-state index in [0.717, 1.165) is 17.4 Å². The van der Waals surface area contributed by atoms with Crippen molar-refractivity contribution in [2.45, 2.75) is 0 Å². The summed E-state index contributed by atoms with van der Waals surface area (Å²) >= 11 is 3.54. The van der Waals surface area contributed by atoms with Gasteiger partial charge in [-0.15, -0.1) is 11.3 Å². The molecule has 0 radical (unpaired) electrons. The molecule has 0 aliphatic carbocycles. The highest BCUT2D eigenvalue weighted by Gasteiger charge is 2.25. The molecule has 1 aliphatic rings. The monoisotopic (exact) mass is 398 g/mol. The van der Waals surface area contributed by atoms with E-state index in [1.54, 1.807) is 23.1 Å². The third kappa shape index (κ3) is 3.61. The molecule has 0 amide bonds. The van der Waals surface area contributed by atoms with E-state index in [2.05, 4.69) is 64.9 Å². The van der Waals surface area contributed by atoms with Crippen molar-refractivity contribution in [1.29, 1.82) is 0 Å². The quantitative estimate of drug-likeness (QED) is 0.363. The van der Waals surface area contributed by atoms with Crippen LogP contribution in [-0.4, -0.2) is 11.7 Å². The van der Waals surface area contributed by atoms with Gasteiger partial charge in [0.1, 0.15) is 0 Å². The van der Waals surface area contributed by atoms with E-state index in [-0.39, 0.29) is 0 Å². The van der Waals surface area contributed by atoms with E-state index in [1.165, 1.54) is 26.2 Å². The van der Waals surface area contributed by atoms with E-state index < -0.39 is 0 Å². The van der Waals surface area contributed by atoms with Crippen LogP contribution in [0.2, 0.25) is 0 Å². The molecule has 0 unspecified atom stereocenters. The molecular weight excluding hydrogens is 380 g/mol. The molecule has 0 atom stereocenters. The van der Waals surface area contributed by atoms with Gasteiger partial charge in [-0.1, -0.05) is 54.2 Å². The summed E-state index contributed by atoms with van der Waals surface area (Å²) in [7, 11) is 0. The van der Waals surface area contributed by atoms with Crippen molar-refractivity contribution in [2.24, 2.45) is 4.99 Å². The molecule has 0 bridgehead atoms. The van der Waals surface area contributed by atoms with Crippen LogP contribution >= 0.6 is 23.1 Å². The van der Waals surface area contributed by atoms with Gasteiger partial charge in [-0.25, -0.2) is 4.99 Å². The first-order chi connectivity index (χ1) is 13.8. The third-order valence-corrected chi connectivity index (χ3v) is 6.52. The van der Waals surface area contributed by atoms with Crippen LogP contribution in [0.25, 0.3) is 16.2 Å². The number of para-hydroxylation sites is 2. The maximum Gasteiger partial charge on any atom is 0.173 e. The number of hydrogen-bond acceptors (Lipinski definition) is 3. The molecule has 1 saturated heterocycles. The van der Waals surface area contributed by atoms with Crippen LogP contribution < -0.4 is 4.90 Å². The fourth-order valence-electron chi connectivity index (χ4n) is 3.27. The van der Waals surface area contributed by atoms with E-state index >= 15 is 0 Å². The van der Waals surface area contributed by atoms with Gasteiger partial charge in [-0.05, 0) is 64.9 Å². The highest BCUT2D eigenvalue weighted by Crippen LogP contribution is 2.36. The summed E-state index contributed by atoms with van der Waals surface area (Å²) in [5, 5.41) is 4.47. The molecule has 2 nitrogen and oxygen atoms in total. The van der Waals surface area contributed by atoms with Crippen LogP contribution in [0.5, 0.6) is 0 Å². The normalized spacial score (nSPS) is 17.1. The standard InChI is InChI=1S/C24H18N2S2/c1-3-7-20(8-4-1)25-24-26(21-9-5-2-6-10-21)17-22(28-24)16-18-11-12-23-19(15-18)13-14-27-23/h1-16H,17H2/b22-16-,25-24?.